The minimum atomic E-state index is -0.450. The third-order valence-corrected chi connectivity index (χ3v) is 5.21. The number of rotatable bonds is 7. The average molecular weight is 450 g/mol. The zero-order valence-electron chi connectivity index (χ0n) is 18.7. The summed E-state index contributed by atoms with van der Waals surface area (Å²) in [5, 5.41) is 12.7. The number of furan rings is 1. The normalized spacial score (nSPS) is 10.6. The van der Waals surface area contributed by atoms with Gasteiger partial charge in [0.05, 0.1) is 14.2 Å². The summed E-state index contributed by atoms with van der Waals surface area (Å²) in [6.07, 6.45) is 2.97. The molecule has 1 amide bonds. The monoisotopic (exact) mass is 450 g/mol. The number of nitrogens with zero attached hydrogens (tertiary/aromatic N) is 1. The van der Waals surface area contributed by atoms with Gasteiger partial charge in [-0.15, -0.1) is 0 Å². The maximum Gasteiger partial charge on any atom is 0.250 e. The van der Waals surface area contributed by atoms with Crippen molar-refractivity contribution in [3.63, 3.8) is 0 Å². The van der Waals surface area contributed by atoms with Crippen molar-refractivity contribution in [3.05, 3.63) is 96.1 Å². The first-order valence-electron chi connectivity index (χ1n) is 10.5. The van der Waals surface area contributed by atoms with Crippen LogP contribution in [0.4, 0.5) is 5.88 Å². The van der Waals surface area contributed by atoms with Crippen molar-refractivity contribution in [1.29, 1.82) is 5.26 Å². The highest BCUT2D eigenvalue weighted by Gasteiger charge is 2.23. The maximum absolute atomic E-state index is 12.8. The predicted molar refractivity (Wildman–Crippen MR) is 132 cm³/mol. The van der Waals surface area contributed by atoms with Crippen LogP contribution in [0.1, 0.15) is 11.1 Å². The fraction of sp³-hybridized carbons (Fsp3) is 0.0714. The van der Waals surface area contributed by atoms with E-state index in [-0.39, 0.29) is 11.4 Å². The zero-order valence-corrected chi connectivity index (χ0v) is 18.7. The summed E-state index contributed by atoms with van der Waals surface area (Å²) in [6.45, 7) is 0. The molecule has 168 valence electrons. The number of carbonyl (C=O) groups excluding carboxylic acids is 1. The summed E-state index contributed by atoms with van der Waals surface area (Å²) < 4.78 is 16.6. The van der Waals surface area contributed by atoms with Crippen LogP contribution in [0.15, 0.2) is 89.4 Å². The van der Waals surface area contributed by atoms with Gasteiger partial charge in [0.25, 0.3) is 5.91 Å². The Bertz CT molecular complexity index is 1370. The molecule has 0 saturated carbocycles. The van der Waals surface area contributed by atoms with Crippen LogP contribution >= 0.6 is 0 Å². The number of hydrogen-bond donors (Lipinski definition) is 1. The lowest BCUT2D eigenvalue weighted by Crippen LogP contribution is -2.08. The molecule has 4 rings (SSSR count). The van der Waals surface area contributed by atoms with Gasteiger partial charge >= 0.3 is 0 Å². The van der Waals surface area contributed by atoms with E-state index < -0.39 is 5.91 Å². The molecular weight excluding hydrogens is 428 g/mol. The largest absolute Gasteiger partial charge is 0.497 e. The van der Waals surface area contributed by atoms with E-state index in [1.54, 1.807) is 38.5 Å². The van der Waals surface area contributed by atoms with E-state index in [1.165, 1.54) is 6.08 Å². The van der Waals surface area contributed by atoms with E-state index in [2.05, 4.69) is 11.4 Å². The Kier molecular flexibility index (Phi) is 6.76. The van der Waals surface area contributed by atoms with E-state index in [1.807, 2.05) is 60.7 Å². The summed E-state index contributed by atoms with van der Waals surface area (Å²) in [7, 11) is 3.12. The van der Waals surface area contributed by atoms with Crippen molar-refractivity contribution in [2.24, 2.45) is 0 Å². The summed E-state index contributed by atoms with van der Waals surface area (Å²) in [5.41, 5.74) is 3.18. The molecule has 0 spiro atoms. The van der Waals surface area contributed by atoms with Crippen LogP contribution in [-0.2, 0) is 4.79 Å². The molecule has 6 nitrogen and oxygen atoms in total. The molecule has 4 aromatic rings. The minimum Gasteiger partial charge on any atom is -0.497 e. The van der Waals surface area contributed by atoms with E-state index in [0.29, 0.717) is 28.4 Å². The highest BCUT2D eigenvalue weighted by Crippen LogP contribution is 2.41. The molecule has 0 radical (unpaired) electrons. The van der Waals surface area contributed by atoms with Crippen LogP contribution in [0.3, 0.4) is 0 Å². The first-order chi connectivity index (χ1) is 16.6. The number of carbonyl (C=O) groups is 1. The Balaban J connectivity index is 1.70. The molecule has 0 unspecified atom stereocenters. The molecule has 0 bridgehead atoms. The smallest absolute Gasteiger partial charge is 0.250 e. The van der Waals surface area contributed by atoms with Crippen LogP contribution in [0.25, 0.3) is 28.5 Å². The lowest BCUT2D eigenvalue weighted by atomic mass is 9.98. The maximum atomic E-state index is 12.8. The molecule has 0 saturated heterocycles. The standard InChI is InChI=1S/C28H22N2O4/c1-32-22-14-15-24(33-2)21(17-22)13-16-25(31)30-28-23(18-29)26(19-9-5-3-6-10-19)27(34-28)20-11-7-4-8-12-20/h3-17H,1-2H3,(H,30,31)/b16-13+. The molecule has 0 aliphatic rings. The van der Waals surface area contributed by atoms with Gasteiger partial charge < -0.3 is 13.9 Å². The Hall–Kier alpha value is -4.76. The Morgan fingerprint density at radius 1 is 0.941 bits per heavy atom. The van der Waals surface area contributed by atoms with Gasteiger partial charge in [-0.05, 0) is 29.8 Å². The van der Waals surface area contributed by atoms with Crippen LogP contribution in [0, 0.1) is 11.3 Å². The molecule has 6 heteroatoms. The fourth-order valence-electron chi connectivity index (χ4n) is 3.59. The van der Waals surface area contributed by atoms with E-state index in [4.69, 9.17) is 13.9 Å². The first kappa shape index (κ1) is 22.4. The fourth-order valence-corrected chi connectivity index (χ4v) is 3.59. The van der Waals surface area contributed by atoms with Gasteiger partial charge in [0.2, 0.25) is 5.88 Å². The van der Waals surface area contributed by atoms with Crippen molar-refractivity contribution >= 4 is 17.9 Å². The lowest BCUT2D eigenvalue weighted by Gasteiger charge is -2.07. The number of methoxy groups -OCH3 is 2. The van der Waals surface area contributed by atoms with Gasteiger partial charge in [-0.25, -0.2) is 0 Å². The lowest BCUT2D eigenvalue weighted by molar-refractivity contribution is -0.111. The first-order valence-corrected chi connectivity index (χ1v) is 10.5. The second-order valence-corrected chi connectivity index (χ2v) is 7.28. The van der Waals surface area contributed by atoms with Gasteiger partial charge in [0.1, 0.15) is 28.9 Å². The zero-order chi connectivity index (χ0) is 23.9. The highest BCUT2D eigenvalue weighted by atomic mass is 16.5. The number of ether oxygens (including phenoxy) is 2. The van der Waals surface area contributed by atoms with Crippen molar-refractivity contribution in [2.45, 2.75) is 0 Å². The molecule has 0 fully saturated rings. The number of hydrogen-bond acceptors (Lipinski definition) is 5. The number of amides is 1. The Morgan fingerprint density at radius 2 is 1.62 bits per heavy atom. The summed E-state index contributed by atoms with van der Waals surface area (Å²) in [5.74, 6) is 1.39. The highest BCUT2D eigenvalue weighted by molar-refractivity contribution is 6.03. The molecule has 1 heterocycles. The van der Waals surface area contributed by atoms with Crippen molar-refractivity contribution in [2.75, 3.05) is 19.5 Å². The molecule has 34 heavy (non-hydrogen) atoms. The summed E-state index contributed by atoms with van der Waals surface area (Å²) >= 11 is 0. The molecule has 1 N–H and O–H groups in total. The van der Waals surface area contributed by atoms with Gasteiger partial charge in [0, 0.05) is 22.8 Å². The van der Waals surface area contributed by atoms with Crippen LogP contribution in [-0.4, -0.2) is 20.1 Å². The summed E-state index contributed by atoms with van der Waals surface area (Å²) in [4.78, 5) is 12.8. The number of nitriles is 1. The third kappa shape index (κ3) is 4.69. The van der Waals surface area contributed by atoms with Crippen molar-refractivity contribution < 1.29 is 18.7 Å². The van der Waals surface area contributed by atoms with E-state index in [9.17, 15) is 10.1 Å². The number of anilines is 1. The van der Waals surface area contributed by atoms with Crippen molar-refractivity contribution in [1.82, 2.24) is 0 Å². The van der Waals surface area contributed by atoms with Crippen molar-refractivity contribution in [3.8, 4) is 40.0 Å². The average Bonchev–Trinajstić information content (AvgIpc) is 3.26. The summed E-state index contributed by atoms with van der Waals surface area (Å²) in [6, 6.07) is 26.4. The quantitative estimate of drug-likeness (QED) is 0.341. The number of nitrogens with one attached hydrogen (secondary N) is 1. The third-order valence-electron chi connectivity index (χ3n) is 5.21. The molecule has 0 aliphatic carbocycles. The topological polar surface area (TPSA) is 84.5 Å². The second kappa shape index (κ2) is 10.2. The van der Waals surface area contributed by atoms with Crippen LogP contribution in [0.5, 0.6) is 11.5 Å². The van der Waals surface area contributed by atoms with E-state index >= 15 is 0 Å². The Morgan fingerprint density at radius 3 is 2.24 bits per heavy atom. The SMILES string of the molecule is COc1ccc(OC)c(/C=C/C(=O)Nc2oc(-c3ccccc3)c(-c3ccccc3)c2C#N)c1. The van der Waals surface area contributed by atoms with Gasteiger partial charge in [-0.1, -0.05) is 60.7 Å². The molecule has 3 aromatic carbocycles. The van der Waals surface area contributed by atoms with Gasteiger partial charge in [-0.3, -0.25) is 10.1 Å². The molecular formula is C28H22N2O4. The van der Waals surface area contributed by atoms with E-state index in [0.717, 1.165) is 11.1 Å². The molecule has 0 atom stereocenters. The Labute approximate surface area is 197 Å². The van der Waals surface area contributed by atoms with Crippen LogP contribution < -0.4 is 14.8 Å². The van der Waals surface area contributed by atoms with Gasteiger partial charge in [-0.2, -0.15) is 5.26 Å². The molecule has 0 aliphatic heterocycles. The minimum absolute atomic E-state index is 0.0902. The van der Waals surface area contributed by atoms with Gasteiger partial charge in [0.15, 0.2) is 0 Å². The molecule has 1 aromatic heterocycles. The van der Waals surface area contributed by atoms with Crippen LogP contribution in [0.2, 0.25) is 0 Å². The number of benzene rings is 3. The predicted octanol–water partition coefficient (Wildman–Crippen LogP) is 6.15. The second-order valence-electron chi connectivity index (χ2n) is 7.28.